The quantitative estimate of drug-likeness (QED) is 0.492. The van der Waals surface area contributed by atoms with E-state index in [1.807, 2.05) is 12.3 Å². The normalized spacial score (nSPS) is 10.0. The predicted molar refractivity (Wildman–Crippen MR) is 73.3 cm³/mol. The minimum absolute atomic E-state index is 0.126. The molecule has 2 rings (SSSR count). The van der Waals surface area contributed by atoms with Gasteiger partial charge in [0.25, 0.3) is 0 Å². The Labute approximate surface area is 119 Å². The molecular formula is C12H9ClN4OS. The number of halogens is 1. The van der Waals surface area contributed by atoms with Crippen LogP contribution in [0.1, 0.15) is 5.56 Å². The molecule has 0 aromatic carbocycles. The second-order valence-electron chi connectivity index (χ2n) is 3.42. The van der Waals surface area contributed by atoms with Crippen molar-refractivity contribution in [3.63, 3.8) is 0 Å². The molecule has 19 heavy (non-hydrogen) atoms. The number of nitriles is 1. The van der Waals surface area contributed by atoms with Gasteiger partial charge in [-0.25, -0.2) is 9.97 Å². The molecular weight excluding hydrogens is 284 g/mol. The van der Waals surface area contributed by atoms with Gasteiger partial charge in [-0.3, -0.25) is 4.98 Å². The molecule has 5 nitrogen and oxygen atoms in total. The third kappa shape index (κ3) is 2.78. The summed E-state index contributed by atoms with van der Waals surface area (Å²) in [5.74, 6) is 0.634. The Bertz CT molecular complexity index is 657. The van der Waals surface area contributed by atoms with Crippen LogP contribution in [0.2, 0.25) is 5.15 Å². The largest absolute Gasteiger partial charge is 0.497 e. The first-order valence-corrected chi connectivity index (χ1v) is 6.82. The second-order valence-corrected chi connectivity index (χ2v) is 4.55. The first-order valence-electron chi connectivity index (χ1n) is 5.21. The van der Waals surface area contributed by atoms with Crippen LogP contribution in [0.15, 0.2) is 23.5 Å². The van der Waals surface area contributed by atoms with Gasteiger partial charge in [0.05, 0.1) is 12.8 Å². The Hall–Kier alpha value is -1.84. The molecule has 0 saturated carbocycles. The van der Waals surface area contributed by atoms with Crippen molar-refractivity contribution in [1.82, 2.24) is 15.0 Å². The lowest BCUT2D eigenvalue weighted by molar-refractivity contribution is 0.414. The topological polar surface area (TPSA) is 71.7 Å². The number of ether oxygens (including phenoxy) is 1. The molecule has 96 valence electrons. The van der Waals surface area contributed by atoms with Crippen LogP contribution in [0.4, 0.5) is 0 Å². The number of pyridine rings is 1. The fourth-order valence-electron chi connectivity index (χ4n) is 1.46. The summed E-state index contributed by atoms with van der Waals surface area (Å²) in [7, 11) is 1.56. The summed E-state index contributed by atoms with van der Waals surface area (Å²) in [4.78, 5) is 12.5. The zero-order chi connectivity index (χ0) is 13.8. The fraction of sp³-hybridized carbons (Fsp3) is 0.167. The molecule has 0 fully saturated rings. The Morgan fingerprint density at radius 2 is 2.21 bits per heavy atom. The van der Waals surface area contributed by atoms with Crippen molar-refractivity contribution in [3.8, 4) is 23.2 Å². The lowest BCUT2D eigenvalue weighted by Crippen LogP contribution is -1.98. The van der Waals surface area contributed by atoms with Gasteiger partial charge < -0.3 is 4.74 Å². The van der Waals surface area contributed by atoms with Crippen molar-refractivity contribution in [2.24, 2.45) is 0 Å². The number of hydrogen-bond acceptors (Lipinski definition) is 6. The smallest absolute Gasteiger partial charge is 0.189 e. The molecule has 0 atom stereocenters. The summed E-state index contributed by atoms with van der Waals surface area (Å²) in [5.41, 5.74) is 1.14. The number of rotatable bonds is 3. The Morgan fingerprint density at radius 1 is 1.42 bits per heavy atom. The van der Waals surface area contributed by atoms with E-state index in [1.54, 1.807) is 25.4 Å². The van der Waals surface area contributed by atoms with Crippen LogP contribution in [-0.4, -0.2) is 28.3 Å². The summed E-state index contributed by atoms with van der Waals surface area (Å²) in [6.45, 7) is 0. The highest BCUT2D eigenvalue weighted by Gasteiger charge is 2.15. The molecule has 0 bridgehead atoms. The number of hydrogen-bond donors (Lipinski definition) is 0. The summed E-state index contributed by atoms with van der Waals surface area (Å²) in [5, 5.41) is 9.79. The van der Waals surface area contributed by atoms with Crippen LogP contribution in [0.25, 0.3) is 11.4 Å². The standard InChI is InChI=1S/C12H9ClN4OS/c1-18-7-3-4-15-9(5-7)10-8(6-14)11(13)17-12(16-10)19-2/h3-5H,1-2H3. The van der Waals surface area contributed by atoms with E-state index in [0.29, 0.717) is 22.3 Å². The number of aromatic nitrogens is 3. The molecule has 2 aromatic rings. The lowest BCUT2D eigenvalue weighted by atomic mass is 10.2. The second kappa shape index (κ2) is 5.87. The van der Waals surface area contributed by atoms with Gasteiger partial charge in [-0.15, -0.1) is 0 Å². The van der Waals surface area contributed by atoms with E-state index < -0.39 is 0 Å². The van der Waals surface area contributed by atoms with E-state index >= 15 is 0 Å². The average molecular weight is 293 g/mol. The van der Waals surface area contributed by atoms with Crippen molar-refractivity contribution in [2.45, 2.75) is 5.16 Å². The van der Waals surface area contributed by atoms with E-state index in [4.69, 9.17) is 16.3 Å². The SMILES string of the molecule is COc1ccnc(-c2nc(SC)nc(Cl)c2C#N)c1. The number of thioether (sulfide) groups is 1. The minimum Gasteiger partial charge on any atom is -0.497 e. The van der Waals surface area contributed by atoms with Crippen LogP contribution < -0.4 is 4.74 Å². The van der Waals surface area contributed by atoms with Crippen molar-refractivity contribution < 1.29 is 4.74 Å². The zero-order valence-electron chi connectivity index (χ0n) is 10.2. The first kappa shape index (κ1) is 13.6. The highest BCUT2D eigenvalue weighted by Crippen LogP contribution is 2.28. The highest BCUT2D eigenvalue weighted by atomic mass is 35.5. The molecule has 0 aliphatic rings. The molecule has 7 heteroatoms. The van der Waals surface area contributed by atoms with E-state index in [2.05, 4.69) is 15.0 Å². The molecule has 2 heterocycles. The van der Waals surface area contributed by atoms with E-state index in [1.165, 1.54) is 11.8 Å². The van der Waals surface area contributed by atoms with E-state index in [0.717, 1.165) is 0 Å². The van der Waals surface area contributed by atoms with Gasteiger partial charge in [-0.2, -0.15) is 5.26 Å². The summed E-state index contributed by atoms with van der Waals surface area (Å²) in [6, 6.07) is 5.42. The summed E-state index contributed by atoms with van der Waals surface area (Å²) >= 11 is 7.34. The molecule has 0 N–H and O–H groups in total. The predicted octanol–water partition coefficient (Wildman–Crippen LogP) is 2.79. The van der Waals surface area contributed by atoms with Crippen molar-refractivity contribution in [3.05, 3.63) is 29.0 Å². The Morgan fingerprint density at radius 3 is 2.84 bits per heavy atom. The number of nitrogens with zero attached hydrogens (tertiary/aromatic N) is 4. The molecule has 2 aromatic heterocycles. The Balaban J connectivity index is 2.66. The van der Waals surface area contributed by atoms with Crippen LogP contribution in [-0.2, 0) is 0 Å². The zero-order valence-corrected chi connectivity index (χ0v) is 11.8. The van der Waals surface area contributed by atoms with Crippen LogP contribution in [0, 0.1) is 11.3 Å². The fourth-order valence-corrected chi connectivity index (χ4v) is 2.08. The van der Waals surface area contributed by atoms with Gasteiger partial charge in [-0.1, -0.05) is 23.4 Å². The van der Waals surface area contributed by atoms with Gasteiger partial charge in [-0.05, 0) is 12.3 Å². The molecule has 0 aliphatic heterocycles. The molecule has 0 spiro atoms. The monoisotopic (exact) mass is 292 g/mol. The third-order valence-electron chi connectivity index (χ3n) is 2.35. The third-order valence-corrected chi connectivity index (χ3v) is 3.17. The van der Waals surface area contributed by atoms with Crippen LogP contribution >= 0.6 is 23.4 Å². The number of methoxy groups -OCH3 is 1. The van der Waals surface area contributed by atoms with Gasteiger partial charge in [0.15, 0.2) is 10.3 Å². The van der Waals surface area contributed by atoms with Crippen LogP contribution in [0.3, 0.4) is 0 Å². The maximum Gasteiger partial charge on any atom is 0.189 e. The van der Waals surface area contributed by atoms with Gasteiger partial charge in [0, 0.05) is 12.3 Å². The maximum absolute atomic E-state index is 9.17. The van der Waals surface area contributed by atoms with Gasteiger partial charge in [0.1, 0.15) is 23.1 Å². The summed E-state index contributed by atoms with van der Waals surface area (Å²) < 4.78 is 5.13. The highest BCUT2D eigenvalue weighted by molar-refractivity contribution is 7.98. The lowest BCUT2D eigenvalue weighted by Gasteiger charge is -2.07. The van der Waals surface area contributed by atoms with Gasteiger partial charge in [0.2, 0.25) is 0 Å². The molecule has 0 aliphatic carbocycles. The molecule has 0 unspecified atom stereocenters. The first-order chi connectivity index (χ1) is 9.19. The van der Waals surface area contributed by atoms with Crippen molar-refractivity contribution in [2.75, 3.05) is 13.4 Å². The average Bonchev–Trinajstić information content (AvgIpc) is 2.46. The molecule has 0 amide bonds. The maximum atomic E-state index is 9.17. The van der Waals surface area contributed by atoms with Crippen LogP contribution in [0.5, 0.6) is 5.75 Å². The van der Waals surface area contributed by atoms with Gasteiger partial charge >= 0.3 is 0 Å². The van der Waals surface area contributed by atoms with E-state index in [-0.39, 0.29) is 10.7 Å². The summed E-state index contributed by atoms with van der Waals surface area (Å²) in [6.07, 6.45) is 3.42. The van der Waals surface area contributed by atoms with Crippen molar-refractivity contribution in [1.29, 1.82) is 5.26 Å². The minimum atomic E-state index is 0.126. The Kier molecular flexibility index (Phi) is 4.20. The van der Waals surface area contributed by atoms with E-state index in [9.17, 15) is 5.26 Å². The van der Waals surface area contributed by atoms with Crippen molar-refractivity contribution >= 4 is 23.4 Å². The molecule has 0 radical (unpaired) electrons. The molecule has 0 saturated heterocycles.